The van der Waals surface area contributed by atoms with Crippen LogP contribution in [-0.2, 0) is 14.3 Å². The summed E-state index contributed by atoms with van der Waals surface area (Å²) in [6.07, 6.45) is 4.90. The Bertz CT molecular complexity index is 265. The minimum atomic E-state index is -0.639. The van der Waals surface area contributed by atoms with E-state index in [4.69, 9.17) is 15.2 Å². The van der Waals surface area contributed by atoms with Crippen LogP contribution in [0.2, 0.25) is 0 Å². The molecule has 0 aromatic carbocycles. The zero-order chi connectivity index (χ0) is 11.6. The minimum absolute atomic E-state index is 0.197. The minimum Gasteiger partial charge on any atom is -0.465 e. The maximum atomic E-state index is 11.9. The lowest BCUT2D eigenvalue weighted by Gasteiger charge is -2.27. The van der Waals surface area contributed by atoms with Crippen molar-refractivity contribution in [2.75, 3.05) is 19.8 Å². The normalized spacial score (nSPS) is 34.8. The molecule has 1 saturated carbocycles. The number of esters is 1. The van der Waals surface area contributed by atoms with Gasteiger partial charge in [0.2, 0.25) is 0 Å². The first-order chi connectivity index (χ1) is 7.63. The molecule has 1 aliphatic carbocycles. The molecule has 0 radical (unpaired) electrons. The molecule has 0 bridgehead atoms. The van der Waals surface area contributed by atoms with Gasteiger partial charge < -0.3 is 15.2 Å². The van der Waals surface area contributed by atoms with Gasteiger partial charge >= 0.3 is 5.97 Å². The third-order valence-corrected chi connectivity index (χ3v) is 3.97. The first-order valence-electron chi connectivity index (χ1n) is 6.13. The standard InChI is InChI=1S/C12H21NO3/c1-12(8-15-7-10(12)13)11(14)16-6-5-9-3-2-4-9/h9-10H,2-8,13H2,1H3. The lowest BCUT2D eigenvalue weighted by atomic mass is 9.83. The summed E-state index contributed by atoms with van der Waals surface area (Å²) in [7, 11) is 0. The average molecular weight is 227 g/mol. The molecule has 0 spiro atoms. The van der Waals surface area contributed by atoms with Crippen molar-refractivity contribution in [1.29, 1.82) is 0 Å². The van der Waals surface area contributed by atoms with E-state index in [1.54, 1.807) is 0 Å². The lowest BCUT2D eigenvalue weighted by Crippen LogP contribution is -2.45. The van der Waals surface area contributed by atoms with Gasteiger partial charge in [-0.3, -0.25) is 4.79 Å². The van der Waals surface area contributed by atoms with Crippen molar-refractivity contribution in [3.8, 4) is 0 Å². The van der Waals surface area contributed by atoms with Crippen LogP contribution in [0.4, 0.5) is 0 Å². The molecule has 2 fully saturated rings. The van der Waals surface area contributed by atoms with Gasteiger partial charge in [0.05, 0.1) is 19.8 Å². The fourth-order valence-corrected chi connectivity index (χ4v) is 2.16. The van der Waals surface area contributed by atoms with E-state index in [2.05, 4.69) is 0 Å². The number of rotatable bonds is 4. The van der Waals surface area contributed by atoms with Crippen molar-refractivity contribution in [1.82, 2.24) is 0 Å². The summed E-state index contributed by atoms with van der Waals surface area (Å²) in [5.41, 5.74) is 5.22. The van der Waals surface area contributed by atoms with Crippen LogP contribution in [0.25, 0.3) is 0 Å². The van der Waals surface area contributed by atoms with E-state index in [1.165, 1.54) is 19.3 Å². The fourth-order valence-electron chi connectivity index (χ4n) is 2.16. The molecule has 1 aliphatic heterocycles. The third kappa shape index (κ3) is 2.23. The first-order valence-corrected chi connectivity index (χ1v) is 6.13. The maximum Gasteiger partial charge on any atom is 0.315 e. The van der Waals surface area contributed by atoms with Crippen LogP contribution in [0.3, 0.4) is 0 Å². The van der Waals surface area contributed by atoms with Gasteiger partial charge in [-0.05, 0) is 19.3 Å². The van der Waals surface area contributed by atoms with Crippen LogP contribution in [0, 0.1) is 11.3 Å². The SMILES string of the molecule is CC1(C(=O)OCCC2CCC2)COCC1N. The second-order valence-corrected chi connectivity index (χ2v) is 5.26. The highest BCUT2D eigenvalue weighted by Gasteiger charge is 2.45. The van der Waals surface area contributed by atoms with Gasteiger partial charge in [0.15, 0.2) is 0 Å². The van der Waals surface area contributed by atoms with Crippen LogP contribution >= 0.6 is 0 Å². The molecule has 4 heteroatoms. The maximum absolute atomic E-state index is 11.9. The number of ether oxygens (including phenoxy) is 2. The Morgan fingerprint density at radius 1 is 1.56 bits per heavy atom. The average Bonchev–Trinajstić information content (AvgIpc) is 2.52. The van der Waals surface area contributed by atoms with Crippen molar-refractivity contribution < 1.29 is 14.3 Å². The molecule has 0 amide bonds. The molecule has 0 aromatic heterocycles. The first kappa shape index (κ1) is 11.9. The molecule has 2 unspecified atom stereocenters. The smallest absolute Gasteiger partial charge is 0.315 e. The van der Waals surface area contributed by atoms with E-state index >= 15 is 0 Å². The Morgan fingerprint density at radius 2 is 2.31 bits per heavy atom. The van der Waals surface area contributed by atoms with Gasteiger partial charge in [-0.25, -0.2) is 0 Å². The molecule has 92 valence electrons. The summed E-state index contributed by atoms with van der Waals surface area (Å²) >= 11 is 0. The molecule has 16 heavy (non-hydrogen) atoms. The van der Waals surface area contributed by atoms with Gasteiger partial charge in [0.25, 0.3) is 0 Å². The molecule has 1 heterocycles. The van der Waals surface area contributed by atoms with Crippen molar-refractivity contribution in [3.63, 3.8) is 0 Å². The number of hydrogen-bond acceptors (Lipinski definition) is 4. The van der Waals surface area contributed by atoms with Crippen molar-refractivity contribution >= 4 is 5.97 Å². The zero-order valence-corrected chi connectivity index (χ0v) is 9.91. The summed E-state index contributed by atoms with van der Waals surface area (Å²) in [6, 6.07) is -0.233. The Labute approximate surface area is 96.5 Å². The van der Waals surface area contributed by atoms with E-state index in [1.807, 2.05) is 6.92 Å². The second kappa shape index (κ2) is 4.72. The van der Waals surface area contributed by atoms with Crippen LogP contribution < -0.4 is 5.73 Å². The largest absolute Gasteiger partial charge is 0.465 e. The summed E-state index contributed by atoms with van der Waals surface area (Å²) in [4.78, 5) is 11.9. The lowest BCUT2D eigenvalue weighted by molar-refractivity contribution is -0.156. The fraction of sp³-hybridized carbons (Fsp3) is 0.917. The summed E-state index contributed by atoms with van der Waals surface area (Å²) in [5, 5.41) is 0. The van der Waals surface area contributed by atoms with E-state index < -0.39 is 5.41 Å². The molecule has 2 aliphatic rings. The molecular weight excluding hydrogens is 206 g/mol. The Balaban J connectivity index is 1.73. The van der Waals surface area contributed by atoms with Gasteiger partial charge in [0.1, 0.15) is 5.41 Å². The third-order valence-electron chi connectivity index (χ3n) is 3.97. The van der Waals surface area contributed by atoms with Crippen LogP contribution in [-0.4, -0.2) is 31.8 Å². The molecule has 4 nitrogen and oxygen atoms in total. The number of nitrogens with two attached hydrogens (primary N) is 1. The number of carbonyl (C=O) groups is 1. The Morgan fingerprint density at radius 3 is 2.81 bits per heavy atom. The van der Waals surface area contributed by atoms with E-state index in [0.29, 0.717) is 19.8 Å². The Hall–Kier alpha value is -0.610. The summed E-state index contributed by atoms with van der Waals surface area (Å²) in [6.45, 7) is 3.20. The molecule has 2 atom stereocenters. The molecule has 1 saturated heterocycles. The highest BCUT2D eigenvalue weighted by atomic mass is 16.5. The summed E-state index contributed by atoms with van der Waals surface area (Å²) < 4.78 is 10.5. The van der Waals surface area contributed by atoms with Crippen molar-refractivity contribution in [2.45, 2.75) is 38.6 Å². The van der Waals surface area contributed by atoms with Crippen molar-refractivity contribution in [3.05, 3.63) is 0 Å². The van der Waals surface area contributed by atoms with Crippen molar-refractivity contribution in [2.24, 2.45) is 17.1 Å². The quantitative estimate of drug-likeness (QED) is 0.730. The molecule has 0 aromatic rings. The highest BCUT2D eigenvalue weighted by Crippen LogP contribution is 2.31. The van der Waals surface area contributed by atoms with Crippen LogP contribution in [0.5, 0.6) is 0 Å². The number of hydrogen-bond donors (Lipinski definition) is 1. The van der Waals surface area contributed by atoms with Crippen LogP contribution in [0.1, 0.15) is 32.6 Å². The van der Waals surface area contributed by atoms with Gasteiger partial charge in [-0.2, -0.15) is 0 Å². The monoisotopic (exact) mass is 227 g/mol. The molecule has 2 N–H and O–H groups in total. The highest BCUT2D eigenvalue weighted by molar-refractivity contribution is 5.78. The molecular formula is C12H21NO3. The van der Waals surface area contributed by atoms with Crippen LogP contribution in [0.15, 0.2) is 0 Å². The van der Waals surface area contributed by atoms with Gasteiger partial charge in [-0.1, -0.05) is 19.3 Å². The number of carbonyl (C=O) groups excluding carboxylic acids is 1. The predicted octanol–water partition coefficient (Wildman–Crippen LogP) is 1.08. The molecule has 2 rings (SSSR count). The van der Waals surface area contributed by atoms with E-state index in [0.717, 1.165) is 12.3 Å². The van der Waals surface area contributed by atoms with Gasteiger partial charge in [-0.15, -0.1) is 0 Å². The van der Waals surface area contributed by atoms with Gasteiger partial charge in [0, 0.05) is 6.04 Å². The predicted molar refractivity (Wildman–Crippen MR) is 59.8 cm³/mol. The summed E-state index contributed by atoms with van der Waals surface area (Å²) in [5.74, 6) is 0.575. The second-order valence-electron chi connectivity index (χ2n) is 5.26. The Kier molecular flexibility index (Phi) is 3.50. The topological polar surface area (TPSA) is 61.5 Å². The van der Waals surface area contributed by atoms with E-state index in [9.17, 15) is 4.79 Å². The van der Waals surface area contributed by atoms with E-state index in [-0.39, 0.29) is 12.0 Å². The zero-order valence-electron chi connectivity index (χ0n) is 9.91.